The molecule has 66 valence electrons. The van der Waals surface area contributed by atoms with Gasteiger partial charge in [-0.3, -0.25) is 0 Å². The second-order valence-corrected chi connectivity index (χ2v) is 4.04. The van der Waals surface area contributed by atoms with E-state index in [9.17, 15) is 5.11 Å². The Morgan fingerprint density at radius 2 is 2.18 bits per heavy atom. The van der Waals surface area contributed by atoms with Gasteiger partial charge in [-0.2, -0.15) is 0 Å². The van der Waals surface area contributed by atoms with E-state index in [1.54, 1.807) is 0 Å². The van der Waals surface area contributed by atoms with Crippen LogP contribution in [0.2, 0.25) is 0 Å². The molecular weight excluding hydrogens is 138 g/mol. The molecule has 3 N–H and O–H groups in total. The molecule has 1 unspecified atom stereocenters. The maximum atomic E-state index is 9.77. The molecule has 0 saturated heterocycles. The molecule has 0 spiro atoms. The van der Waals surface area contributed by atoms with Gasteiger partial charge < -0.3 is 10.8 Å². The lowest BCUT2D eigenvalue weighted by atomic mass is 9.77. The molecule has 0 amide bonds. The van der Waals surface area contributed by atoms with Crippen LogP contribution in [0.5, 0.6) is 0 Å². The Labute approximate surface area is 68.8 Å². The van der Waals surface area contributed by atoms with Crippen LogP contribution in [0, 0.1) is 5.92 Å². The van der Waals surface area contributed by atoms with Crippen LogP contribution in [0.25, 0.3) is 0 Å². The predicted octanol–water partition coefficient (Wildman–Crippen LogP) is 1.28. The van der Waals surface area contributed by atoms with Gasteiger partial charge in [0.05, 0.1) is 5.60 Å². The summed E-state index contributed by atoms with van der Waals surface area (Å²) in [6.45, 7) is 2.50. The minimum atomic E-state index is -0.500. The van der Waals surface area contributed by atoms with E-state index >= 15 is 0 Å². The quantitative estimate of drug-likeness (QED) is 0.645. The Morgan fingerprint density at radius 3 is 2.55 bits per heavy atom. The van der Waals surface area contributed by atoms with Crippen LogP contribution >= 0.6 is 0 Å². The average Bonchev–Trinajstić information content (AvgIpc) is 1.79. The fraction of sp³-hybridized carbons (Fsp3) is 1.00. The maximum absolute atomic E-state index is 9.77. The fourth-order valence-corrected chi connectivity index (χ4v) is 1.73. The normalized spacial score (nSPS) is 24.3. The van der Waals surface area contributed by atoms with Crippen molar-refractivity contribution in [1.29, 1.82) is 0 Å². The summed E-state index contributed by atoms with van der Waals surface area (Å²) >= 11 is 0. The van der Waals surface area contributed by atoms with Crippen LogP contribution in [0.4, 0.5) is 0 Å². The van der Waals surface area contributed by atoms with Crippen LogP contribution in [0.3, 0.4) is 0 Å². The van der Waals surface area contributed by atoms with E-state index in [4.69, 9.17) is 5.73 Å². The molecule has 1 aliphatic rings. The lowest BCUT2D eigenvalue weighted by molar-refractivity contribution is 0.0147. The van der Waals surface area contributed by atoms with Gasteiger partial charge in [0.1, 0.15) is 0 Å². The molecule has 2 heteroatoms. The predicted molar refractivity (Wildman–Crippen MR) is 46.3 cm³/mol. The Hall–Kier alpha value is -0.0800. The third-order valence-electron chi connectivity index (χ3n) is 2.64. The first-order chi connectivity index (χ1) is 5.14. The van der Waals surface area contributed by atoms with E-state index in [0.29, 0.717) is 6.54 Å². The van der Waals surface area contributed by atoms with Crippen molar-refractivity contribution in [2.45, 2.75) is 44.6 Å². The first-order valence-electron chi connectivity index (χ1n) is 4.56. The summed E-state index contributed by atoms with van der Waals surface area (Å²) in [4.78, 5) is 0. The molecule has 1 fully saturated rings. The summed E-state index contributed by atoms with van der Waals surface area (Å²) in [5, 5.41) is 9.77. The number of nitrogens with two attached hydrogens (primary N) is 1. The summed E-state index contributed by atoms with van der Waals surface area (Å²) in [5.74, 6) is 0.775. The van der Waals surface area contributed by atoms with Crippen LogP contribution in [0.15, 0.2) is 0 Å². The third kappa shape index (κ3) is 2.80. The summed E-state index contributed by atoms with van der Waals surface area (Å²) in [5.41, 5.74) is 4.89. The number of hydrogen-bond acceptors (Lipinski definition) is 2. The first-order valence-corrected chi connectivity index (χ1v) is 4.56. The molecule has 1 saturated carbocycles. The van der Waals surface area contributed by atoms with Gasteiger partial charge >= 0.3 is 0 Å². The zero-order chi connectivity index (χ0) is 8.32. The minimum absolute atomic E-state index is 0.500. The summed E-state index contributed by atoms with van der Waals surface area (Å²) < 4.78 is 0. The lowest BCUT2D eigenvalue weighted by Crippen LogP contribution is -2.32. The molecule has 0 aromatic rings. The van der Waals surface area contributed by atoms with Crippen molar-refractivity contribution in [1.82, 2.24) is 0 Å². The molecular formula is C9H19NO. The van der Waals surface area contributed by atoms with Gasteiger partial charge in [-0.25, -0.2) is 0 Å². The van der Waals surface area contributed by atoms with Crippen molar-refractivity contribution in [3.8, 4) is 0 Å². The number of rotatable bonds is 4. The molecule has 0 aliphatic heterocycles. The minimum Gasteiger partial charge on any atom is -0.390 e. The van der Waals surface area contributed by atoms with Crippen molar-refractivity contribution >= 4 is 0 Å². The van der Waals surface area contributed by atoms with Crippen molar-refractivity contribution in [2.24, 2.45) is 11.7 Å². The molecule has 0 aromatic heterocycles. The van der Waals surface area contributed by atoms with E-state index in [0.717, 1.165) is 18.8 Å². The maximum Gasteiger partial charge on any atom is 0.0634 e. The highest BCUT2D eigenvalue weighted by atomic mass is 16.3. The second kappa shape index (κ2) is 3.55. The van der Waals surface area contributed by atoms with Crippen molar-refractivity contribution in [3.05, 3.63) is 0 Å². The molecule has 0 aromatic carbocycles. The fourth-order valence-electron chi connectivity index (χ4n) is 1.73. The SMILES string of the molecule is CC(O)(CCN)CC1CCC1. The largest absolute Gasteiger partial charge is 0.390 e. The van der Waals surface area contributed by atoms with Crippen molar-refractivity contribution < 1.29 is 5.11 Å². The van der Waals surface area contributed by atoms with Crippen LogP contribution in [-0.2, 0) is 0 Å². The smallest absolute Gasteiger partial charge is 0.0634 e. The van der Waals surface area contributed by atoms with E-state index in [1.807, 2.05) is 6.92 Å². The molecule has 0 heterocycles. The molecule has 0 bridgehead atoms. The van der Waals surface area contributed by atoms with Crippen molar-refractivity contribution in [3.63, 3.8) is 0 Å². The average molecular weight is 157 g/mol. The Bertz CT molecular complexity index is 119. The number of aliphatic hydroxyl groups is 1. The molecule has 2 nitrogen and oxygen atoms in total. The Kier molecular flexibility index (Phi) is 2.90. The zero-order valence-corrected chi connectivity index (χ0v) is 7.34. The van der Waals surface area contributed by atoms with E-state index in [-0.39, 0.29) is 0 Å². The van der Waals surface area contributed by atoms with Crippen molar-refractivity contribution in [2.75, 3.05) is 6.54 Å². The Morgan fingerprint density at radius 1 is 1.55 bits per heavy atom. The third-order valence-corrected chi connectivity index (χ3v) is 2.64. The van der Waals surface area contributed by atoms with Crippen LogP contribution in [-0.4, -0.2) is 17.3 Å². The highest BCUT2D eigenvalue weighted by Crippen LogP contribution is 2.34. The standard InChI is InChI=1S/C9H19NO/c1-9(11,5-6-10)7-8-3-2-4-8/h8,11H,2-7,10H2,1H3. The summed E-state index contributed by atoms with van der Waals surface area (Å²) in [6.07, 6.45) is 5.65. The summed E-state index contributed by atoms with van der Waals surface area (Å²) in [6, 6.07) is 0. The van der Waals surface area contributed by atoms with E-state index < -0.39 is 5.60 Å². The van der Waals surface area contributed by atoms with Gasteiger partial charge in [0.15, 0.2) is 0 Å². The molecule has 11 heavy (non-hydrogen) atoms. The monoisotopic (exact) mass is 157 g/mol. The van der Waals surface area contributed by atoms with Gasteiger partial charge in [-0.1, -0.05) is 19.3 Å². The number of hydrogen-bond donors (Lipinski definition) is 2. The highest BCUT2D eigenvalue weighted by Gasteiger charge is 2.27. The van der Waals surface area contributed by atoms with E-state index in [2.05, 4.69) is 0 Å². The molecule has 1 rings (SSSR count). The van der Waals surface area contributed by atoms with Gasteiger partial charge in [0.25, 0.3) is 0 Å². The zero-order valence-electron chi connectivity index (χ0n) is 7.34. The summed E-state index contributed by atoms with van der Waals surface area (Å²) in [7, 11) is 0. The highest BCUT2D eigenvalue weighted by molar-refractivity contribution is 4.81. The van der Waals surface area contributed by atoms with Gasteiger partial charge in [-0.15, -0.1) is 0 Å². The van der Waals surface area contributed by atoms with Crippen LogP contribution in [0.1, 0.15) is 39.0 Å². The molecule has 1 atom stereocenters. The van der Waals surface area contributed by atoms with Gasteiger partial charge in [0.2, 0.25) is 0 Å². The lowest BCUT2D eigenvalue weighted by Gasteiger charge is -2.33. The van der Waals surface area contributed by atoms with Gasteiger partial charge in [-0.05, 0) is 32.2 Å². The molecule has 1 aliphatic carbocycles. The van der Waals surface area contributed by atoms with Crippen LogP contribution < -0.4 is 5.73 Å². The van der Waals surface area contributed by atoms with E-state index in [1.165, 1.54) is 19.3 Å². The topological polar surface area (TPSA) is 46.2 Å². The molecule has 0 radical (unpaired) electrons. The second-order valence-electron chi connectivity index (χ2n) is 4.04. The van der Waals surface area contributed by atoms with Gasteiger partial charge in [0, 0.05) is 0 Å². The first kappa shape index (κ1) is 9.01. The Balaban J connectivity index is 2.20.